The maximum Gasteiger partial charge on any atom is 0.261 e. The lowest BCUT2D eigenvalue weighted by Crippen LogP contribution is -2.37. The number of amides is 1. The highest BCUT2D eigenvalue weighted by Crippen LogP contribution is 2.23. The van der Waals surface area contributed by atoms with E-state index in [-0.39, 0.29) is 11.9 Å². The van der Waals surface area contributed by atoms with Gasteiger partial charge < -0.3 is 10.1 Å². The number of hydrogen-bond donors (Lipinski definition) is 1. The lowest BCUT2D eigenvalue weighted by atomic mass is 10.1. The van der Waals surface area contributed by atoms with Crippen molar-refractivity contribution >= 4 is 29.1 Å². The minimum absolute atomic E-state index is 0.202. The number of halogens is 2. The molecule has 0 spiro atoms. The molecule has 0 aromatic heterocycles. The van der Waals surface area contributed by atoms with Crippen molar-refractivity contribution in [1.82, 2.24) is 5.32 Å². The third kappa shape index (κ3) is 4.39. The van der Waals surface area contributed by atoms with Gasteiger partial charge in [0.25, 0.3) is 5.91 Å². The summed E-state index contributed by atoms with van der Waals surface area (Å²) < 4.78 is 5.59. The van der Waals surface area contributed by atoms with Gasteiger partial charge in [0.2, 0.25) is 0 Å². The van der Waals surface area contributed by atoms with Crippen molar-refractivity contribution in [3.8, 4) is 5.75 Å². The van der Waals surface area contributed by atoms with Gasteiger partial charge >= 0.3 is 0 Å². The van der Waals surface area contributed by atoms with Gasteiger partial charge in [-0.05, 0) is 43.7 Å². The number of ether oxygens (including phenoxy) is 1. The molecule has 1 amide bonds. The van der Waals surface area contributed by atoms with Crippen molar-refractivity contribution < 1.29 is 9.53 Å². The molecule has 0 heterocycles. The minimum atomic E-state index is -0.636. The standard InChI is InChI=1S/C17H17Cl2NO2/c1-11(15-8-3-4-9-16(15)19)20-17(21)12(2)22-14-7-5-6-13(18)10-14/h3-12H,1-2H3,(H,20,21). The number of benzene rings is 2. The van der Waals surface area contributed by atoms with Gasteiger partial charge in [-0.3, -0.25) is 4.79 Å². The molecule has 0 aliphatic rings. The summed E-state index contributed by atoms with van der Waals surface area (Å²) in [7, 11) is 0. The van der Waals surface area contributed by atoms with Crippen molar-refractivity contribution in [2.24, 2.45) is 0 Å². The lowest BCUT2D eigenvalue weighted by Gasteiger charge is -2.19. The van der Waals surface area contributed by atoms with E-state index < -0.39 is 6.10 Å². The Morgan fingerprint density at radius 1 is 1.09 bits per heavy atom. The summed E-state index contributed by atoms with van der Waals surface area (Å²) in [6.07, 6.45) is -0.636. The predicted molar refractivity (Wildman–Crippen MR) is 89.6 cm³/mol. The molecular formula is C17H17Cl2NO2. The Morgan fingerprint density at radius 2 is 1.82 bits per heavy atom. The molecule has 5 heteroatoms. The van der Waals surface area contributed by atoms with Gasteiger partial charge in [-0.25, -0.2) is 0 Å². The van der Waals surface area contributed by atoms with Crippen molar-refractivity contribution in [3.63, 3.8) is 0 Å². The van der Waals surface area contributed by atoms with Crippen LogP contribution in [0, 0.1) is 0 Å². The molecule has 116 valence electrons. The Kier molecular flexibility index (Phi) is 5.69. The van der Waals surface area contributed by atoms with E-state index in [1.54, 1.807) is 37.3 Å². The Bertz CT molecular complexity index is 661. The van der Waals surface area contributed by atoms with E-state index in [1.807, 2.05) is 25.1 Å². The first-order valence-electron chi connectivity index (χ1n) is 6.94. The first-order valence-corrected chi connectivity index (χ1v) is 7.70. The zero-order valence-corrected chi connectivity index (χ0v) is 13.9. The molecule has 0 radical (unpaired) electrons. The Morgan fingerprint density at radius 3 is 2.50 bits per heavy atom. The van der Waals surface area contributed by atoms with Gasteiger partial charge in [0.15, 0.2) is 6.10 Å². The highest BCUT2D eigenvalue weighted by molar-refractivity contribution is 6.31. The first-order chi connectivity index (χ1) is 10.5. The first kappa shape index (κ1) is 16.7. The van der Waals surface area contributed by atoms with E-state index >= 15 is 0 Å². The maximum absolute atomic E-state index is 12.2. The SMILES string of the molecule is CC(Oc1cccc(Cl)c1)C(=O)NC(C)c1ccccc1Cl. The van der Waals surface area contributed by atoms with Crippen molar-refractivity contribution in [1.29, 1.82) is 0 Å². The fourth-order valence-corrected chi connectivity index (χ4v) is 2.51. The summed E-state index contributed by atoms with van der Waals surface area (Å²) in [6, 6.07) is 14.2. The number of carbonyl (C=O) groups excluding carboxylic acids is 1. The topological polar surface area (TPSA) is 38.3 Å². The van der Waals surface area contributed by atoms with Gasteiger partial charge in [-0.2, -0.15) is 0 Å². The molecule has 0 bridgehead atoms. The molecule has 2 unspecified atom stereocenters. The summed E-state index contributed by atoms with van der Waals surface area (Å²) in [5.41, 5.74) is 0.868. The fraction of sp³-hybridized carbons (Fsp3) is 0.235. The van der Waals surface area contributed by atoms with Gasteiger partial charge in [-0.15, -0.1) is 0 Å². The summed E-state index contributed by atoms with van der Waals surface area (Å²) in [4.78, 5) is 12.2. The fourth-order valence-electron chi connectivity index (χ4n) is 2.03. The van der Waals surface area contributed by atoms with Crippen LogP contribution < -0.4 is 10.1 Å². The summed E-state index contributed by atoms with van der Waals surface area (Å²) in [6.45, 7) is 3.57. The number of carbonyl (C=O) groups is 1. The highest BCUT2D eigenvalue weighted by atomic mass is 35.5. The minimum Gasteiger partial charge on any atom is -0.481 e. The van der Waals surface area contributed by atoms with Crippen LogP contribution in [0.5, 0.6) is 5.75 Å². The van der Waals surface area contributed by atoms with E-state index in [9.17, 15) is 4.79 Å². The van der Waals surface area contributed by atoms with Gasteiger partial charge in [0.1, 0.15) is 5.75 Å². The van der Waals surface area contributed by atoms with E-state index in [0.29, 0.717) is 15.8 Å². The van der Waals surface area contributed by atoms with Crippen LogP contribution in [0.3, 0.4) is 0 Å². The van der Waals surface area contributed by atoms with E-state index in [2.05, 4.69) is 5.32 Å². The molecule has 2 aromatic carbocycles. The molecule has 1 N–H and O–H groups in total. The lowest BCUT2D eigenvalue weighted by molar-refractivity contribution is -0.127. The van der Waals surface area contributed by atoms with Gasteiger partial charge in [-0.1, -0.05) is 47.5 Å². The van der Waals surface area contributed by atoms with Crippen LogP contribution in [0.1, 0.15) is 25.5 Å². The van der Waals surface area contributed by atoms with Crippen molar-refractivity contribution in [2.75, 3.05) is 0 Å². The summed E-state index contributed by atoms with van der Waals surface area (Å²) >= 11 is 12.0. The van der Waals surface area contributed by atoms with Crippen molar-refractivity contribution in [3.05, 3.63) is 64.1 Å². The molecule has 0 aliphatic carbocycles. The Hall–Kier alpha value is -1.71. The Balaban J connectivity index is 1.98. The average Bonchev–Trinajstić information content (AvgIpc) is 2.47. The van der Waals surface area contributed by atoms with Crippen LogP contribution in [0.4, 0.5) is 0 Å². The summed E-state index contributed by atoms with van der Waals surface area (Å²) in [5, 5.41) is 4.08. The summed E-state index contributed by atoms with van der Waals surface area (Å²) in [5.74, 6) is 0.341. The smallest absolute Gasteiger partial charge is 0.261 e. The Labute approximate surface area is 140 Å². The van der Waals surface area contributed by atoms with Crippen LogP contribution in [-0.4, -0.2) is 12.0 Å². The average molecular weight is 338 g/mol. The van der Waals surface area contributed by atoms with Crippen LogP contribution in [0.15, 0.2) is 48.5 Å². The zero-order valence-electron chi connectivity index (χ0n) is 12.3. The molecule has 2 aromatic rings. The van der Waals surface area contributed by atoms with Gasteiger partial charge in [0.05, 0.1) is 6.04 Å². The van der Waals surface area contributed by atoms with Gasteiger partial charge in [0, 0.05) is 10.0 Å². The molecule has 22 heavy (non-hydrogen) atoms. The molecule has 0 saturated heterocycles. The molecule has 2 atom stereocenters. The third-order valence-corrected chi connectivity index (χ3v) is 3.79. The van der Waals surface area contributed by atoms with Crippen molar-refractivity contribution in [2.45, 2.75) is 26.0 Å². The normalized spacial score (nSPS) is 13.3. The number of hydrogen-bond acceptors (Lipinski definition) is 2. The van der Waals surface area contributed by atoms with Crippen LogP contribution in [0.2, 0.25) is 10.0 Å². The highest BCUT2D eigenvalue weighted by Gasteiger charge is 2.18. The second-order valence-corrected chi connectivity index (χ2v) is 5.81. The zero-order chi connectivity index (χ0) is 16.1. The molecule has 0 saturated carbocycles. The van der Waals surface area contributed by atoms with Crippen LogP contribution >= 0.6 is 23.2 Å². The second-order valence-electron chi connectivity index (χ2n) is 4.97. The molecular weight excluding hydrogens is 321 g/mol. The maximum atomic E-state index is 12.2. The quantitative estimate of drug-likeness (QED) is 0.863. The third-order valence-electron chi connectivity index (χ3n) is 3.21. The molecule has 0 aliphatic heterocycles. The number of nitrogens with one attached hydrogen (secondary N) is 1. The predicted octanol–water partition coefficient (Wildman–Crippen LogP) is 4.64. The molecule has 0 fully saturated rings. The van der Waals surface area contributed by atoms with Crippen LogP contribution in [0.25, 0.3) is 0 Å². The second kappa shape index (κ2) is 7.52. The molecule has 2 rings (SSSR count). The molecule has 3 nitrogen and oxygen atoms in total. The van der Waals surface area contributed by atoms with E-state index in [1.165, 1.54) is 0 Å². The monoisotopic (exact) mass is 337 g/mol. The number of rotatable bonds is 5. The van der Waals surface area contributed by atoms with Crippen LogP contribution in [-0.2, 0) is 4.79 Å². The van der Waals surface area contributed by atoms with E-state index in [4.69, 9.17) is 27.9 Å². The van der Waals surface area contributed by atoms with E-state index in [0.717, 1.165) is 5.56 Å². The largest absolute Gasteiger partial charge is 0.481 e.